The highest BCUT2D eigenvalue weighted by Gasteiger charge is 2.70. The summed E-state index contributed by atoms with van der Waals surface area (Å²) in [6.45, 7) is 20.8. The van der Waals surface area contributed by atoms with E-state index in [4.69, 9.17) is 66.3 Å². The lowest BCUT2D eigenvalue weighted by Crippen LogP contribution is -2.62. The summed E-state index contributed by atoms with van der Waals surface area (Å²) in [4.78, 5) is 23.9. The Labute approximate surface area is 636 Å². The molecule has 8 aliphatic heterocycles. The normalized spacial score (nSPS) is 55.0. The van der Waals surface area contributed by atoms with Gasteiger partial charge in [-0.25, -0.2) is 9.59 Å². The molecule has 0 bridgehead atoms. The number of rotatable bonds is 14. The second-order valence-corrected chi connectivity index (χ2v) is 37.5. The summed E-state index contributed by atoms with van der Waals surface area (Å²) < 4.78 is 84.4. The molecule has 0 aromatic heterocycles. The van der Waals surface area contributed by atoms with Gasteiger partial charge in [-0.3, -0.25) is 0 Å². The molecule has 8 saturated carbocycles. The molecule has 8 heterocycles. The first-order valence-electron chi connectivity index (χ1n) is 41.7. The van der Waals surface area contributed by atoms with Crippen molar-refractivity contribution < 1.29 is 127 Å². The first kappa shape index (κ1) is 80.7. The smallest absolute Gasteiger partial charge is 0.331 e. The van der Waals surface area contributed by atoms with Gasteiger partial charge >= 0.3 is 11.9 Å². The number of carbonyl (C=O) groups is 2. The van der Waals surface area contributed by atoms with Crippen molar-refractivity contribution in [3.05, 3.63) is 23.3 Å². The van der Waals surface area contributed by atoms with E-state index in [-0.39, 0.29) is 108 Å². The highest BCUT2D eigenvalue weighted by atomic mass is 16.8. The minimum atomic E-state index is -0.996. The van der Waals surface area contributed by atoms with E-state index in [1.165, 1.54) is 0 Å². The topological polar surface area (TPSA) is 366 Å². The maximum atomic E-state index is 12.6. The van der Waals surface area contributed by atoms with Gasteiger partial charge in [0.1, 0.15) is 49.8 Å². The van der Waals surface area contributed by atoms with Crippen molar-refractivity contribution >= 4 is 11.9 Å². The Balaban J connectivity index is 0.000000172. The molecule has 14 fully saturated rings. The Bertz CT molecular complexity index is 2950. The van der Waals surface area contributed by atoms with Crippen molar-refractivity contribution in [2.24, 2.45) is 69.0 Å². The fourth-order valence-corrected chi connectivity index (χ4v) is 25.6. The number of hydrogen-bond donors (Lipinski definition) is 10. The molecule has 0 spiro atoms. The van der Waals surface area contributed by atoms with Crippen molar-refractivity contribution in [2.45, 2.75) is 394 Å². The summed E-state index contributed by atoms with van der Waals surface area (Å²) in [6, 6.07) is 0. The van der Waals surface area contributed by atoms with Crippen LogP contribution in [-0.4, -0.2) is 247 Å². The van der Waals surface area contributed by atoms with E-state index in [1.807, 2.05) is 13.8 Å². The first-order chi connectivity index (χ1) is 51.2. The zero-order chi connectivity index (χ0) is 76.6. The SMILES string of the molecule is C[C@H]1O[C@@H](O[C@H]2[C@@H](O)C[C@H](O[C@H]3[C@@H](O)C[C@H](O[C@H]4CC[C@@]5(C)[C@H](CC[C@@H]6[C@@H]5CC[C@]5(C)[C@@H](C7=CC(=O)OC7)CC[C@]65O)C4)O[C@@H]3C)O[C@@H]2C)C[C@H](O)[C@@H]1O.C[C@H]1O[C@@H](O[C@H]2[C@@H](O)C[C@H](O[C@H]3[C@@H](O)C[C@H](O[C@H]4CC[C@@]5(C)[C@H](CC[C@@H]6[C@@H]5CC[C@]5(C)[C@@H](C7=CC(=O)OC7)CC[C@]65O)C4)O[C@@H]3C)O[C@@H]2C)C[C@H](O)[C@@H]1O. The molecule has 0 amide bonds. The van der Waals surface area contributed by atoms with Gasteiger partial charge in [0.05, 0.1) is 96.7 Å². The van der Waals surface area contributed by atoms with E-state index in [0.29, 0.717) is 36.9 Å². The third kappa shape index (κ3) is 14.8. The number of aliphatic hydroxyl groups excluding tert-OH is 8. The number of carbonyl (C=O) groups excluding carboxylic acids is 2. The van der Waals surface area contributed by atoms with Crippen LogP contribution in [0.25, 0.3) is 0 Å². The highest BCUT2D eigenvalue weighted by molar-refractivity contribution is 5.86. The maximum absolute atomic E-state index is 12.6. The summed E-state index contributed by atoms with van der Waals surface area (Å²) in [5.74, 6) is 2.27. The van der Waals surface area contributed by atoms with E-state index in [9.17, 15) is 60.7 Å². The van der Waals surface area contributed by atoms with Crippen LogP contribution in [0.5, 0.6) is 0 Å². The molecule has 16 rings (SSSR count). The van der Waals surface area contributed by atoms with Gasteiger partial charge in [0.2, 0.25) is 0 Å². The summed E-state index contributed by atoms with van der Waals surface area (Å²) in [6.07, 6.45) is 3.81. The van der Waals surface area contributed by atoms with Crippen molar-refractivity contribution in [1.29, 1.82) is 0 Å². The van der Waals surface area contributed by atoms with Crippen LogP contribution < -0.4 is 0 Å². The molecule has 0 aromatic carbocycles. The molecule has 6 saturated heterocycles. The monoisotopic (exact) mass is 1530 g/mol. The van der Waals surface area contributed by atoms with Crippen LogP contribution in [0.4, 0.5) is 0 Å². The second-order valence-electron chi connectivity index (χ2n) is 37.5. The van der Waals surface area contributed by atoms with E-state index < -0.39 is 159 Å². The van der Waals surface area contributed by atoms with Gasteiger partial charge in [-0.15, -0.1) is 0 Å². The fraction of sp³-hybridized carbons (Fsp3) is 0.927. The van der Waals surface area contributed by atoms with E-state index >= 15 is 0 Å². The van der Waals surface area contributed by atoms with Crippen molar-refractivity contribution in [3.63, 3.8) is 0 Å². The molecule has 0 aromatic rings. The standard InChI is InChI=1S/2C41H64O13/c2*1-20-36(46)29(42)16-34(49-20)53-38-22(3)51-35(18-31(38)44)54-37-21(2)50-33(17-30(37)43)52-25-8-11-39(4)24(15-25)6-7-28-27(39)9-12-40(5)26(10-13-41(28,40)47)23-14-32(45)48-19-23/h2*14,20-22,24-31,33-38,42-44,46-47H,6-13,15-19H2,1-5H3/t2*20-,21-,22-,24-,25+,26-,27+,28-,29+,30+,31+,33+,34+,35+,36-,37-,38-,39+,40-,41+/m11/s1. The van der Waals surface area contributed by atoms with Crippen molar-refractivity contribution in [3.8, 4) is 0 Å². The van der Waals surface area contributed by atoms with Gasteiger partial charge in [0.25, 0.3) is 0 Å². The molecule has 108 heavy (non-hydrogen) atoms. The Morgan fingerprint density at radius 1 is 0.343 bits per heavy atom. The fourth-order valence-electron chi connectivity index (χ4n) is 25.6. The summed E-state index contributed by atoms with van der Waals surface area (Å²) in [5, 5.41) is 110. The molecular formula is C82H128O26. The largest absolute Gasteiger partial charge is 0.458 e. The number of aliphatic hydroxyl groups is 10. The molecule has 16 aliphatic rings. The van der Waals surface area contributed by atoms with Crippen LogP contribution in [0.3, 0.4) is 0 Å². The van der Waals surface area contributed by atoms with Gasteiger partial charge < -0.3 is 117 Å². The van der Waals surface area contributed by atoms with Crippen LogP contribution in [-0.2, 0) is 75.9 Å². The summed E-state index contributed by atoms with van der Waals surface area (Å²) >= 11 is 0. The van der Waals surface area contributed by atoms with Crippen LogP contribution in [0.2, 0.25) is 0 Å². The lowest BCUT2D eigenvalue weighted by atomic mass is 9.43. The van der Waals surface area contributed by atoms with Gasteiger partial charge in [0, 0.05) is 61.5 Å². The van der Waals surface area contributed by atoms with Gasteiger partial charge in [0.15, 0.2) is 37.7 Å². The molecule has 40 atom stereocenters. The van der Waals surface area contributed by atoms with Gasteiger partial charge in [-0.05, 0) is 226 Å². The Hall–Kier alpha value is -2.46. The van der Waals surface area contributed by atoms with Crippen LogP contribution in [0, 0.1) is 69.0 Å². The van der Waals surface area contributed by atoms with Crippen molar-refractivity contribution in [1.82, 2.24) is 0 Å². The van der Waals surface area contributed by atoms with E-state index in [0.717, 1.165) is 127 Å². The van der Waals surface area contributed by atoms with Crippen LogP contribution in [0.15, 0.2) is 23.3 Å². The van der Waals surface area contributed by atoms with E-state index in [1.54, 1.807) is 39.8 Å². The highest BCUT2D eigenvalue weighted by Crippen LogP contribution is 2.72. The third-order valence-corrected chi connectivity index (χ3v) is 31.7. The van der Waals surface area contributed by atoms with E-state index in [2.05, 4.69) is 27.7 Å². The first-order valence-corrected chi connectivity index (χ1v) is 41.7. The molecule has 26 nitrogen and oxygen atoms in total. The molecule has 8 aliphatic carbocycles. The average Bonchev–Trinajstić information content (AvgIpc) is 1.48. The zero-order valence-corrected chi connectivity index (χ0v) is 65.2. The molecule has 0 unspecified atom stereocenters. The molecular weight excluding hydrogens is 1400 g/mol. The average molecular weight is 1530 g/mol. The lowest BCUT2D eigenvalue weighted by Gasteiger charge is -2.64. The quantitative estimate of drug-likeness (QED) is 0.0655. The number of esters is 2. The summed E-state index contributed by atoms with van der Waals surface area (Å²) in [7, 11) is 0. The zero-order valence-electron chi connectivity index (χ0n) is 65.2. The van der Waals surface area contributed by atoms with Crippen LogP contribution in [0.1, 0.15) is 223 Å². The Morgan fingerprint density at radius 3 is 0.944 bits per heavy atom. The Morgan fingerprint density at radius 2 is 0.648 bits per heavy atom. The number of fused-ring (bicyclic) bond motifs is 10. The third-order valence-electron chi connectivity index (χ3n) is 31.7. The number of ether oxygens (including phenoxy) is 14. The molecule has 26 heteroatoms. The van der Waals surface area contributed by atoms with Gasteiger partial charge in [-0.1, -0.05) is 27.7 Å². The number of hydrogen-bond acceptors (Lipinski definition) is 26. The molecule has 10 N–H and O–H groups in total. The number of cyclic esters (lactones) is 2. The summed E-state index contributed by atoms with van der Waals surface area (Å²) in [5.41, 5.74) is 0.430. The minimum Gasteiger partial charge on any atom is -0.458 e. The predicted octanol–water partition coefficient (Wildman–Crippen LogP) is 6.49. The Kier molecular flexibility index (Phi) is 23.3. The lowest BCUT2D eigenvalue weighted by molar-refractivity contribution is -0.336. The predicted molar refractivity (Wildman–Crippen MR) is 382 cm³/mol. The maximum Gasteiger partial charge on any atom is 0.331 e. The van der Waals surface area contributed by atoms with Crippen LogP contribution >= 0.6 is 0 Å². The second kappa shape index (κ2) is 31.2. The van der Waals surface area contributed by atoms with Crippen molar-refractivity contribution in [2.75, 3.05) is 13.2 Å². The van der Waals surface area contributed by atoms with Gasteiger partial charge in [-0.2, -0.15) is 0 Å². The molecule has 612 valence electrons. The minimum absolute atomic E-state index is 0.0243. The molecule has 0 radical (unpaired) electrons.